The molecule has 80 valence electrons. The standard InChI is InChI=1S/C10H16O3S/c1-7(11)6-10(12)13-8-2-4-9(14)5-3-8/h8-9,14H,2-6H2,1H3. The Kier molecular flexibility index (Phi) is 4.45. The Labute approximate surface area is 89.6 Å². The number of carbonyl (C=O) groups excluding carboxylic acids is 2. The van der Waals surface area contributed by atoms with Gasteiger partial charge in [-0.3, -0.25) is 9.59 Å². The molecule has 0 aromatic carbocycles. The van der Waals surface area contributed by atoms with E-state index in [1.807, 2.05) is 0 Å². The minimum atomic E-state index is -0.389. The highest BCUT2D eigenvalue weighted by atomic mass is 32.1. The number of rotatable bonds is 3. The minimum absolute atomic E-state index is 0.00486. The molecule has 0 radical (unpaired) electrons. The van der Waals surface area contributed by atoms with Gasteiger partial charge in [0.25, 0.3) is 0 Å². The zero-order valence-corrected chi connectivity index (χ0v) is 9.26. The van der Waals surface area contributed by atoms with Gasteiger partial charge >= 0.3 is 5.97 Å². The highest BCUT2D eigenvalue weighted by Crippen LogP contribution is 2.24. The number of carbonyl (C=O) groups is 2. The monoisotopic (exact) mass is 216 g/mol. The van der Waals surface area contributed by atoms with Crippen LogP contribution >= 0.6 is 12.6 Å². The maximum atomic E-state index is 11.1. The normalized spacial score (nSPS) is 27.0. The third kappa shape index (κ3) is 4.13. The summed E-state index contributed by atoms with van der Waals surface area (Å²) < 4.78 is 5.16. The van der Waals surface area contributed by atoms with Crippen molar-refractivity contribution in [2.24, 2.45) is 0 Å². The summed E-state index contributed by atoms with van der Waals surface area (Å²) in [6.07, 6.45) is 3.63. The van der Waals surface area contributed by atoms with Gasteiger partial charge in [0.2, 0.25) is 0 Å². The van der Waals surface area contributed by atoms with E-state index in [0.717, 1.165) is 25.7 Å². The molecule has 1 aliphatic carbocycles. The van der Waals surface area contributed by atoms with Crippen molar-refractivity contribution in [2.75, 3.05) is 0 Å². The van der Waals surface area contributed by atoms with Crippen molar-refractivity contribution in [3.05, 3.63) is 0 Å². The molecule has 4 heteroatoms. The van der Waals surface area contributed by atoms with Gasteiger partial charge in [-0.2, -0.15) is 12.6 Å². The molecule has 0 bridgehead atoms. The van der Waals surface area contributed by atoms with Crippen molar-refractivity contribution in [3.8, 4) is 0 Å². The number of ether oxygens (including phenoxy) is 1. The van der Waals surface area contributed by atoms with Crippen molar-refractivity contribution < 1.29 is 14.3 Å². The Morgan fingerprint density at radius 2 is 1.86 bits per heavy atom. The van der Waals surface area contributed by atoms with Gasteiger partial charge in [0.15, 0.2) is 0 Å². The molecule has 1 aliphatic rings. The van der Waals surface area contributed by atoms with E-state index in [1.54, 1.807) is 0 Å². The number of thiol groups is 1. The van der Waals surface area contributed by atoms with Crippen LogP contribution < -0.4 is 0 Å². The molecule has 0 N–H and O–H groups in total. The zero-order chi connectivity index (χ0) is 10.6. The lowest BCUT2D eigenvalue weighted by molar-refractivity contribution is -0.151. The predicted octanol–water partition coefficient (Wildman–Crippen LogP) is 1.75. The van der Waals surface area contributed by atoms with Crippen molar-refractivity contribution >= 4 is 24.4 Å². The van der Waals surface area contributed by atoms with E-state index in [0.29, 0.717) is 5.25 Å². The van der Waals surface area contributed by atoms with Crippen LogP contribution in [0.2, 0.25) is 0 Å². The maximum Gasteiger partial charge on any atom is 0.313 e. The van der Waals surface area contributed by atoms with Crippen LogP contribution in [0.5, 0.6) is 0 Å². The molecule has 1 saturated carbocycles. The highest BCUT2D eigenvalue weighted by molar-refractivity contribution is 7.80. The van der Waals surface area contributed by atoms with Crippen molar-refractivity contribution in [1.82, 2.24) is 0 Å². The third-order valence-corrected chi connectivity index (χ3v) is 2.85. The smallest absolute Gasteiger partial charge is 0.313 e. The van der Waals surface area contributed by atoms with Crippen LogP contribution in [0.1, 0.15) is 39.0 Å². The summed E-state index contributed by atoms with van der Waals surface area (Å²) in [6.45, 7) is 1.39. The average Bonchev–Trinajstić information content (AvgIpc) is 2.07. The lowest BCUT2D eigenvalue weighted by atomic mass is 9.97. The summed E-state index contributed by atoms with van der Waals surface area (Å²) >= 11 is 4.35. The van der Waals surface area contributed by atoms with Gasteiger partial charge in [0, 0.05) is 5.25 Å². The van der Waals surface area contributed by atoms with Gasteiger partial charge < -0.3 is 4.74 Å². The zero-order valence-electron chi connectivity index (χ0n) is 8.36. The fraction of sp³-hybridized carbons (Fsp3) is 0.800. The Bertz CT molecular complexity index is 219. The van der Waals surface area contributed by atoms with Crippen molar-refractivity contribution in [1.29, 1.82) is 0 Å². The van der Waals surface area contributed by atoms with Crippen LogP contribution in [0.15, 0.2) is 0 Å². The molecular formula is C10H16O3S. The summed E-state index contributed by atoms with van der Waals surface area (Å²) in [5, 5.41) is 0.442. The van der Waals surface area contributed by atoms with Crippen LogP contribution in [0.3, 0.4) is 0 Å². The van der Waals surface area contributed by atoms with Gasteiger partial charge in [-0.1, -0.05) is 0 Å². The fourth-order valence-corrected chi connectivity index (χ4v) is 1.89. The first-order valence-corrected chi connectivity index (χ1v) is 5.46. The van der Waals surface area contributed by atoms with E-state index < -0.39 is 0 Å². The van der Waals surface area contributed by atoms with E-state index in [2.05, 4.69) is 12.6 Å². The molecule has 14 heavy (non-hydrogen) atoms. The van der Waals surface area contributed by atoms with Gasteiger partial charge in [-0.15, -0.1) is 0 Å². The number of ketones is 1. The van der Waals surface area contributed by atoms with Crippen LogP contribution in [-0.4, -0.2) is 23.1 Å². The fourth-order valence-electron chi connectivity index (χ4n) is 1.59. The van der Waals surface area contributed by atoms with Crippen LogP contribution in [0, 0.1) is 0 Å². The summed E-state index contributed by atoms with van der Waals surface area (Å²) in [4.78, 5) is 21.8. The lowest BCUT2D eigenvalue weighted by Crippen LogP contribution is -2.25. The summed E-state index contributed by atoms with van der Waals surface area (Å²) in [5.41, 5.74) is 0. The van der Waals surface area contributed by atoms with Crippen LogP contribution in [0.25, 0.3) is 0 Å². The first-order valence-electron chi connectivity index (χ1n) is 4.95. The molecule has 0 atom stereocenters. The number of esters is 1. The Morgan fingerprint density at radius 1 is 1.29 bits per heavy atom. The van der Waals surface area contributed by atoms with Crippen LogP contribution in [0.4, 0.5) is 0 Å². The summed E-state index contributed by atoms with van der Waals surface area (Å²) in [6, 6.07) is 0. The largest absolute Gasteiger partial charge is 0.462 e. The number of Topliss-reactive ketones (excluding diaryl/α,β-unsaturated/α-hetero) is 1. The van der Waals surface area contributed by atoms with Crippen molar-refractivity contribution in [2.45, 2.75) is 50.4 Å². The first kappa shape index (κ1) is 11.6. The molecule has 3 nitrogen and oxygen atoms in total. The van der Waals surface area contributed by atoms with E-state index in [-0.39, 0.29) is 24.3 Å². The second-order valence-corrected chi connectivity index (χ2v) is 4.53. The quantitative estimate of drug-likeness (QED) is 0.444. The molecule has 0 saturated heterocycles. The van der Waals surface area contributed by atoms with E-state index in [1.165, 1.54) is 6.92 Å². The molecule has 0 amide bonds. The Hall–Kier alpha value is -0.510. The molecule has 1 rings (SSSR count). The number of hydrogen-bond donors (Lipinski definition) is 1. The molecule has 0 heterocycles. The molecule has 0 aliphatic heterocycles. The van der Waals surface area contributed by atoms with E-state index in [9.17, 15) is 9.59 Å². The Morgan fingerprint density at radius 3 is 2.36 bits per heavy atom. The van der Waals surface area contributed by atoms with Crippen molar-refractivity contribution in [3.63, 3.8) is 0 Å². The summed E-state index contributed by atoms with van der Waals surface area (Å²) in [5.74, 6) is -0.530. The van der Waals surface area contributed by atoms with Gasteiger partial charge in [0.1, 0.15) is 18.3 Å². The first-order chi connectivity index (χ1) is 6.58. The van der Waals surface area contributed by atoms with Gasteiger partial charge in [-0.05, 0) is 32.6 Å². The second kappa shape index (κ2) is 5.39. The average molecular weight is 216 g/mol. The number of hydrogen-bond acceptors (Lipinski definition) is 4. The van der Waals surface area contributed by atoms with Gasteiger partial charge in [0.05, 0.1) is 0 Å². The molecule has 0 spiro atoms. The van der Waals surface area contributed by atoms with E-state index in [4.69, 9.17) is 4.74 Å². The highest BCUT2D eigenvalue weighted by Gasteiger charge is 2.22. The second-order valence-electron chi connectivity index (χ2n) is 3.80. The van der Waals surface area contributed by atoms with Crippen LogP contribution in [-0.2, 0) is 14.3 Å². The lowest BCUT2D eigenvalue weighted by Gasteiger charge is -2.25. The Balaban J connectivity index is 2.24. The van der Waals surface area contributed by atoms with E-state index >= 15 is 0 Å². The third-order valence-electron chi connectivity index (χ3n) is 2.34. The molecular weight excluding hydrogens is 200 g/mol. The summed E-state index contributed by atoms with van der Waals surface area (Å²) in [7, 11) is 0. The predicted molar refractivity (Wildman–Crippen MR) is 56.4 cm³/mol. The SMILES string of the molecule is CC(=O)CC(=O)OC1CCC(S)CC1. The maximum absolute atomic E-state index is 11.1. The molecule has 0 aromatic heterocycles. The molecule has 0 unspecified atom stereocenters. The topological polar surface area (TPSA) is 43.4 Å². The molecule has 0 aromatic rings. The van der Waals surface area contributed by atoms with Gasteiger partial charge in [-0.25, -0.2) is 0 Å². The molecule has 1 fully saturated rings. The minimum Gasteiger partial charge on any atom is -0.462 e.